The zero-order chi connectivity index (χ0) is 15.6. The van der Waals surface area contributed by atoms with Crippen LogP contribution in [0.15, 0.2) is 23.4 Å². The standard InChI is InChI=1S/C11H12F2N4O3S/c1-20-5-4-17-10(15-16-11(17)21(14,18)19)8-6-7(12)2-3-9(8)13/h2-3,6H,4-5H2,1H3,(H2,14,18,19). The van der Waals surface area contributed by atoms with E-state index in [1.807, 2.05) is 0 Å². The van der Waals surface area contributed by atoms with Crippen LogP contribution in [0.4, 0.5) is 8.78 Å². The number of hydrogen-bond donors (Lipinski definition) is 1. The molecule has 0 aliphatic heterocycles. The molecular weight excluding hydrogens is 306 g/mol. The monoisotopic (exact) mass is 318 g/mol. The average molecular weight is 318 g/mol. The number of ether oxygens (including phenoxy) is 1. The molecule has 0 spiro atoms. The molecule has 10 heteroatoms. The number of methoxy groups -OCH3 is 1. The predicted molar refractivity (Wildman–Crippen MR) is 68.6 cm³/mol. The van der Waals surface area contributed by atoms with Gasteiger partial charge in [-0.15, -0.1) is 10.2 Å². The SMILES string of the molecule is COCCn1c(-c2cc(F)ccc2F)nnc1S(N)(=O)=O. The van der Waals surface area contributed by atoms with Crippen LogP contribution < -0.4 is 5.14 Å². The number of nitrogens with two attached hydrogens (primary N) is 1. The van der Waals surface area contributed by atoms with Crippen molar-refractivity contribution in [2.45, 2.75) is 11.7 Å². The van der Waals surface area contributed by atoms with E-state index in [1.54, 1.807) is 0 Å². The molecule has 2 N–H and O–H groups in total. The summed E-state index contributed by atoms with van der Waals surface area (Å²) in [5.41, 5.74) is -0.214. The Bertz CT molecular complexity index is 761. The second-order valence-corrected chi connectivity index (χ2v) is 5.57. The topological polar surface area (TPSA) is 100 Å². The molecular formula is C11H12F2N4O3S. The fourth-order valence-electron chi connectivity index (χ4n) is 1.75. The number of sulfonamides is 1. The predicted octanol–water partition coefficient (Wildman–Crippen LogP) is 0.517. The molecule has 0 aliphatic carbocycles. The van der Waals surface area contributed by atoms with Crippen molar-refractivity contribution in [3.05, 3.63) is 29.8 Å². The van der Waals surface area contributed by atoms with Crippen LogP contribution in [-0.2, 0) is 21.3 Å². The van der Waals surface area contributed by atoms with Gasteiger partial charge in [-0.25, -0.2) is 22.3 Å². The maximum atomic E-state index is 13.8. The summed E-state index contributed by atoms with van der Waals surface area (Å²) < 4.78 is 55.9. The van der Waals surface area contributed by atoms with E-state index in [2.05, 4.69) is 10.2 Å². The summed E-state index contributed by atoms with van der Waals surface area (Å²) in [5.74, 6) is -1.60. The number of benzene rings is 1. The molecule has 2 aromatic rings. The van der Waals surface area contributed by atoms with E-state index in [-0.39, 0.29) is 24.5 Å². The molecule has 0 radical (unpaired) electrons. The van der Waals surface area contributed by atoms with Crippen LogP contribution in [0, 0.1) is 11.6 Å². The second-order valence-electron chi connectivity index (χ2n) is 4.12. The van der Waals surface area contributed by atoms with Gasteiger partial charge in [-0.2, -0.15) is 0 Å². The van der Waals surface area contributed by atoms with E-state index in [0.717, 1.165) is 22.8 Å². The van der Waals surface area contributed by atoms with Crippen molar-refractivity contribution in [3.63, 3.8) is 0 Å². The summed E-state index contributed by atoms with van der Waals surface area (Å²) >= 11 is 0. The Kier molecular flexibility index (Phi) is 4.30. The Morgan fingerprint density at radius 1 is 1.33 bits per heavy atom. The minimum absolute atomic E-state index is 0.0144. The zero-order valence-corrected chi connectivity index (χ0v) is 11.8. The zero-order valence-electron chi connectivity index (χ0n) is 11.0. The molecule has 7 nitrogen and oxygen atoms in total. The first-order valence-corrected chi connectivity index (χ1v) is 7.29. The lowest BCUT2D eigenvalue weighted by molar-refractivity contribution is 0.185. The first kappa shape index (κ1) is 15.5. The summed E-state index contributed by atoms with van der Waals surface area (Å²) in [4.78, 5) is 0. The van der Waals surface area contributed by atoms with E-state index in [0.29, 0.717) is 0 Å². The van der Waals surface area contributed by atoms with Crippen LogP contribution in [0.25, 0.3) is 11.4 Å². The lowest BCUT2D eigenvalue weighted by Crippen LogP contribution is -2.20. The Labute approximate surface area is 119 Å². The highest BCUT2D eigenvalue weighted by Crippen LogP contribution is 2.24. The molecule has 0 fully saturated rings. The number of aromatic nitrogens is 3. The second kappa shape index (κ2) is 5.84. The van der Waals surface area contributed by atoms with Crippen molar-refractivity contribution in [1.82, 2.24) is 14.8 Å². The summed E-state index contributed by atoms with van der Waals surface area (Å²) in [6.07, 6.45) is 0. The lowest BCUT2D eigenvalue weighted by atomic mass is 10.2. The van der Waals surface area contributed by atoms with Gasteiger partial charge in [0.1, 0.15) is 11.6 Å². The number of rotatable bonds is 5. The Morgan fingerprint density at radius 2 is 2.05 bits per heavy atom. The first-order valence-electron chi connectivity index (χ1n) is 5.75. The molecule has 1 aromatic carbocycles. The highest BCUT2D eigenvalue weighted by molar-refractivity contribution is 7.89. The summed E-state index contributed by atoms with van der Waals surface area (Å²) in [7, 11) is -2.75. The molecule has 0 aliphatic rings. The molecule has 0 atom stereocenters. The normalized spacial score (nSPS) is 11.8. The van der Waals surface area contributed by atoms with Gasteiger partial charge in [0.2, 0.25) is 0 Å². The molecule has 0 unspecified atom stereocenters. The van der Waals surface area contributed by atoms with E-state index in [1.165, 1.54) is 7.11 Å². The van der Waals surface area contributed by atoms with Gasteiger partial charge in [0.25, 0.3) is 15.2 Å². The summed E-state index contributed by atoms with van der Waals surface area (Å²) in [6, 6.07) is 2.75. The molecule has 2 rings (SSSR count). The fourth-order valence-corrected chi connectivity index (χ4v) is 2.39. The first-order chi connectivity index (χ1) is 9.84. The lowest BCUT2D eigenvalue weighted by Gasteiger charge is -2.09. The van der Waals surface area contributed by atoms with Crippen LogP contribution in [0.5, 0.6) is 0 Å². The quantitative estimate of drug-likeness (QED) is 0.866. The fraction of sp³-hybridized carbons (Fsp3) is 0.273. The van der Waals surface area contributed by atoms with Crippen LogP contribution in [0.2, 0.25) is 0 Å². The molecule has 1 aromatic heterocycles. The number of halogens is 2. The van der Waals surface area contributed by atoms with Crippen molar-refractivity contribution >= 4 is 10.0 Å². The highest BCUT2D eigenvalue weighted by Gasteiger charge is 2.23. The van der Waals surface area contributed by atoms with Crippen LogP contribution in [0.3, 0.4) is 0 Å². The van der Waals surface area contributed by atoms with Crippen molar-refractivity contribution < 1.29 is 21.9 Å². The largest absolute Gasteiger partial charge is 0.383 e. The third kappa shape index (κ3) is 3.23. The Balaban J connectivity index is 2.63. The van der Waals surface area contributed by atoms with Crippen LogP contribution in [0.1, 0.15) is 0 Å². The molecule has 114 valence electrons. The average Bonchev–Trinajstić information content (AvgIpc) is 2.82. The maximum Gasteiger partial charge on any atom is 0.273 e. The van der Waals surface area contributed by atoms with Gasteiger partial charge in [-0.1, -0.05) is 0 Å². The van der Waals surface area contributed by atoms with Crippen molar-refractivity contribution in [2.24, 2.45) is 5.14 Å². The maximum absolute atomic E-state index is 13.8. The molecule has 0 saturated heterocycles. The van der Waals surface area contributed by atoms with Crippen molar-refractivity contribution in [3.8, 4) is 11.4 Å². The van der Waals surface area contributed by atoms with Gasteiger partial charge < -0.3 is 4.74 Å². The summed E-state index contributed by atoms with van der Waals surface area (Å²) in [5, 5.41) is 11.5. The molecule has 1 heterocycles. The van der Waals surface area contributed by atoms with E-state index >= 15 is 0 Å². The van der Waals surface area contributed by atoms with Crippen LogP contribution >= 0.6 is 0 Å². The van der Waals surface area contributed by atoms with Crippen LogP contribution in [-0.4, -0.2) is 36.9 Å². The molecule has 0 bridgehead atoms. The molecule has 0 saturated carbocycles. The van der Waals surface area contributed by atoms with Gasteiger partial charge in [-0.3, -0.25) is 4.57 Å². The highest BCUT2D eigenvalue weighted by atomic mass is 32.2. The Morgan fingerprint density at radius 3 is 2.67 bits per heavy atom. The van der Waals surface area contributed by atoms with Crippen molar-refractivity contribution in [2.75, 3.05) is 13.7 Å². The Hall–Kier alpha value is -1.91. The van der Waals surface area contributed by atoms with Gasteiger partial charge in [0.05, 0.1) is 18.7 Å². The molecule has 21 heavy (non-hydrogen) atoms. The van der Waals surface area contributed by atoms with Gasteiger partial charge in [0.15, 0.2) is 5.82 Å². The van der Waals surface area contributed by atoms with Gasteiger partial charge >= 0.3 is 0 Å². The van der Waals surface area contributed by atoms with E-state index < -0.39 is 26.8 Å². The van der Waals surface area contributed by atoms with E-state index in [4.69, 9.17) is 9.88 Å². The number of primary sulfonamides is 1. The minimum Gasteiger partial charge on any atom is -0.383 e. The van der Waals surface area contributed by atoms with Crippen molar-refractivity contribution in [1.29, 1.82) is 0 Å². The molecule has 0 amide bonds. The third-order valence-corrected chi connectivity index (χ3v) is 3.47. The van der Waals surface area contributed by atoms with Gasteiger partial charge in [0, 0.05) is 7.11 Å². The van der Waals surface area contributed by atoms with Gasteiger partial charge in [-0.05, 0) is 18.2 Å². The number of hydrogen-bond acceptors (Lipinski definition) is 5. The summed E-state index contributed by atoms with van der Waals surface area (Å²) in [6.45, 7) is 0.130. The smallest absolute Gasteiger partial charge is 0.273 e. The third-order valence-electron chi connectivity index (χ3n) is 2.66. The minimum atomic E-state index is -4.16. The van der Waals surface area contributed by atoms with E-state index in [9.17, 15) is 17.2 Å². The number of nitrogens with zero attached hydrogens (tertiary/aromatic N) is 3.